The lowest BCUT2D eigenvalue weighted by Gasteiger charge is -2.24. The van der Waals surface area contributed by atoms with Crippen LogP contribution in [0.1, 0.15) is 23.0 Å². The number of carbonyl (C=O) groups excluding carboxylic acids is 1. The molecule has 3 rings (SSSR count). The minimum atomic E-state index is -0.367. The van der Waals surface area contributed by atoms with Crippen LogP contribution in [-0.4, -0.2) is 41.4 Å². The molecule has 2 aromatic carbocycles. The van der Waals surface area contributed by atoms with E-state index in [0.29, 0.717) is 29.7 Å². The van der Waals surface area contributed by atoms with Gasteiger partial charge in [0.1, 0.15) is 11.9 Å². The number of para-hydroxylation sites is 1. The fourth-order valence-electron chi connectivity index (χ4n) is 3.18. The molecular weight excluding hydrogens is 340 g/mol. The first-order chi connectivity index (χ1) is 13.0. The van der Waals surface area contributed by atoms with Crippen molar-refractivity contribution in [2.45, 2.75) is 19.4 Å². The van der Waals surface area contributed by atoms with Crippen molar-refractivity contribution in [3.8, 4) is 0 Å². The lowest BCUT2D eigenvalue weighted by atomic mass is 10.0. The number of aromatic nitrogens is 2. The summed E-state index contributed by atoms with van der Waals surface area (Å²) in [6, 6.07) is 14.8. The number of benzene rings is 2. The van der Waals surface area contributed by atoms with Gasteiger partial charge in [0.25, 0.3) is 5.56 Å². The molecule has 2 N–H and O–H groups in total. The lowest BCUT2D eigenvalue weighted by molar-refractivity contribution is -0.125. The maximum absolute atomic E-state index is 12.7. The first kappa shape index (κ1) is 18.8. The highest BCUT2D eigenvalue weighted by Gasteiger charge is 2.22. The number of aryl methyl sites for hydroxylation is 1. The van der Waals surface area contributed by atoms with Gasteiger partial charge in [-0.25, -0.2) is 4.98 Å². The number of fused-ring (bicyclic) bond motifs is 1. The number of H-pyrrole nitrogens is 1. The molecule has 6 heteroatoms. The average Bonchev–Trinajstić information content (AvgIpc) is 2.62. The third-order valence-electron chi connectivity index (χ3n) is 4.45. The first-order valence-corrected chi connectivity index (χ1v) is 8.94. The number of nitrogens with one attached hydrogen (secondary N) is 2. The summed E-state index contributed by atoms with van der Waals surface area (Å²) in [7, 11) is 3.77. The van der Waals surface area contributed by atoms with E-state index in [1.807, 2.05) is 68.4 Å². The van der Waals surface area contributed by atoms with Gasteiger partial charge in [-0.1, -0.05) is 42.0 Å². The fraction of sp³-hybridized carbons (Fsp3) is 0.286. The summed E-state index contributed by atoms with van der Waals surface area (Å²) in [5.41, 5.74) is 2.57. The minimum Gasteiger partial charge on any atom is -0.354 e. The number of aromatic amines is 1. The van der Waals surface area contributed by atoms with Crippen molar-refractivity contribution in [1.29, 1.82) is 0 Å². The fourth-order valence-corrected chi connectivity index (χ4v) is 3.18. The third kappa shape index (κ3) is 4.41. The molecule has 0 saturated heterocycles. The van der Waals surface area contributed by atoms with Crippen molar-refractivity contribution < 1.29 is 4.79 Å². The Morgan fingerprint density at radius 2 is 1.96 bits per heavy atom. The van der Waals surface area contributed by atoms with E-state index >= 15 is 0 Å². The van der Waals surface area contributed by atoms with Gasteiger partial charge >= 0.3 is 0 Å². The Morgan fingerprint density at radius 1 is 1.19 bits per heavy atom. The summed E-state index contributed by atoms with van der Waals surface area (Å²) in [6.45, 7) is 2.41. The summed E-state index contributed by atoms with van der Waals surface area (Å²) >= 11 is 0. The van der Waals surface area contributed by atoms with Gasteiger partial charge in [0.2, 0.25) is 5.91 Å². The largest absolute Gasteiger partial charge is 0.354 e. The smallest absolute Gasteiger partial charge is 0.258 e. The molecule has 0 fully saturated rings. The van der Waals surface area contributed by atoms with E-state index in [-0.39, 0.29) is 17.5 Å². The Hall–Kier alpha value is -2.99. The summed E-state index contributed by atoms with van der Waals surface area (Å²) in [5, 5.41) is 3.52. The summed E-state index contributed by atoms with van der Waals surface area (Å²) in [4.78, 5) is 34.0. The van der Waals surface area contributed by atoms with Crippen LogP contribution in [0.4, 0.5) is 0 Å². The molecular formula is C21H24N4O2. The highest BCUT2D eigenvalue weighted by atomic mass is 16.2. The first-order valence-electron chi connectivity index (χ1n) is 8.94. The van der Waals surface area contributed by atoms with E-state index in [1.165, 1.54) is 0 Å². The van der Waals surface area contributed by atoms with Crippen molar-refractivity contribution in [3.05, 3.63) is 75.8 Å². The second-order valence-corrected chi connectivity index (χ2v) is 6.85. The molecule has 1 heterocycles. The van der Waals surface area contributed by atoms with Crippen LogP contribution < -0.4 is 10.9 Å². The van der Waals surface area contributed by atoms with Gasteiger partial charge in [-0.2, -0.15) is 0 Å². The zero-order chi connectivity index (χ0) is 19.4. The van der Waals surface area contributed by atoms with E-state index in [2.05, 4.69) is 15.3 Å². The molecule has 0 aliphatic heterocycles. The maximum atomic E-state index is 12.7. The van der Waals surface area contributed by atoms with Crippen molar-refractivity contribution in [2.24, 2.45) is 0 Å². The zero-order valence-corrected chi connectivity index (χ0v) is 15.8. The van der Waals surface area contributed by atoms with Crippen LogP contribution in [0, 0.1) is 6.92 Å². The predicted molar refractivity (Wildman–Crippen MR) is 107 cm³/mol. The minimum absolute atomic E-state index is 0.0752. The number of hydrogen-bond acceptors (Lipinski definition) is 4. The van der Waals surface area contributed by atoms with Gasteiger partial charge < -0.3 is 10.3 Å². The van der Waals surface area contributed by atoms with E-state index in [4.69, 9.17) is 0 Å². The van der Waals surface area contributed by atoms with Crippen molar-refractivity contribution >= 4 is 16.8 Å². The third-order valence-corrected chi connectivity index (χ3v) is 4.45. The van der Waals surface area contributed by atoms with Crippen LogP contribution in [0.5, 0.6) is 0 Å². The molecule has 0 aliphatic carbocycles. The number of rotatable bonds is 6. The average molecular weight is 364 g/mol. The monoisotopic (exact) mass is 364 g/mol. The topological polar surface area (TPSA) is 78.1 Å². The summed E-state index contributed by atoms with van der Waals surface area (Å²) in [6.07, 6.45) is 0.458. The standard InChI is InChI=1S/C21H24N4O2/c1-14-7-6-8-15(13-14)19(25(2)3)21(27)22-12-11-18-23-17-10-5-4-9-16(17)20(26)24-18/h4-10,13,19H,11-12H2,1-3H3,(H,22,27)(H,23,24,26)/t19-/m1/s1. The van der Waals surface area contributed by atoms with E-state index in [1.54, 1.807) is 6.07 Å². The number of amides is 1. The molecule has 1 amide bonds. The highest BCUT2D eigenvalue weighted by molar-refractivity contribution is 5.83. The molecule has 0 bridgehead atoms. The number of likely N-dealkylation sites (N-methyl/N-ethyl adjacent to an activating group) is 1. The number of carbonyl (C=O) groups is 1. The van der Waals surface area contributed by atoms with Crippen LogP contribution in [-0.2, 0) is 11.2 Å². The van der Waals surface area contributed by atoms with Crippen LogP contribution in [0.3, 0.4) is 0 Å². The molecule has 0 unspecified atom stereocenters. The summed E-state index contributed by atoms with van der Waals surface area (Å²) in [5.74, 6) is 0.490. The maximum Gasteiger partial charge on any atom is 0.258 e. The lowest BCUT2D eigenvalue weighted by Crippen LogP contribution is -2.38. The highest BCUT2D eigenvalue weighted by Crippen LogP contribution is 2.19. The van der Waals surface area contributed by atoms with E-state index in [9.17, 15) is 9.59 Å². The molecule has 0 spiro atoms. The normalized spacial score (nSPS) is 12.3. The van der Waals surface area contributed by atoms with Crippen molar-refractivity contribution in [2.75, 3.05) is 20.6 Å². The Labute approximate surface area is 158 Å². The van der Waals surface area contributed by atoms with Gasteiger partial charge in [-0.15, -0.1) is 0 Å². The predicted octanol–water partition coefficient (Wildman–Crippen LogP) is 2.19. The Kier molecular flexibility index (Phi) is 5.66. The second kappa shape index (κ2) is 8.14. The number of nitrogens with zero attached hydrogens (tertiary/aromatic N) is 2. The molecule has 1 atom stereocenters. The zero-order valence-electron chi connectivity index (χ0n) is 15.8. The molecule has 1 aromatic heterocycles. The van der Waals surface area contributed by atoms with Crippen LogP contribution in [0.2, 0.25) is 0 Å². The summed E-state index contributed by atoms with van der Waals surface area (Å²) < 4.78 is 0. The van der Waals surface area contributed by atoms with Gasteiger partial charge in [0.15, 0.2) is 0 Å². The van der Waals surface area contributed by atoms with Gasteiger partial charge in [0, 0.05) is 13.0 Å². The van der Waals surface area contributed by atoms with E-state index in [0.717, 1.165) is 11.1 Å². The Morgan fingerprint density at radius 3 is 2.70 bits per heavy atom. The number of hydrogen-bond donors (Lipinski definition) is 2. The molecule has 0 aliphatic rings. The van der Waals surface area contributed by atoms with Crippen LogP contribution in [0.25, 0.3) is 10.9 Å². The van der Waals surface area contributed by atoms with Gasteiger partial charge in [-0.3, -0.25) is 14.5 Å². The second-order valence-electron chi connectivity index (χ2n) is 6.85. The van der Waals surface area contributed by atoms with Crippen molar-refractivity contribution in [1.82, 2.24) is 20.2 Å². The van der Waals surface area contributed by atoms with Crippen LogP contribution >= 0.6 is 0 Å². The molecule has 0 radical (unpaired) electrons. The molecule has 6 nitrogen and oxygen atoms in total. The Balaban J connectivity index is 1.68. The van der Waals surface area contributed by atoms with Crippen LogP contribution in [0.15, 0.2) is 53.3 Å². The van der Waals surface area contributed by atoms with Gasteiger partial charge in [0.05, 0.1) is 10.9 Å². The molecule has 27 heavy (non-hydrogen) atoms. The quantitative estimate of drug-likeness (QED) is 0.703. The molecule has 3 aromatic rings. The van der Waals surface area contributed by atoms with Gasteiger partial charge in [-0.05, 0) is 38.7 Å². The van der Waals surface area contributed by atoms with E-state index < -0.39 is 0 Å². The molecule has 140 valence electrons. The SMILES string of the molecule is Cc1cccc([C@H](C(=O)NCCc2nc3ccccc3c(=O)[nH]2)N(C)C)c1. The van der Waals surface area contributed by atoms with Crippen molar-refractivity contribution in [3.63, 3.8) is 0 Å². The Bertz CT molecular complexity index is 1010. The molecule has 0 saturated carbocycles.